The van der Waals surface area contributed by atoms with E-state index in [1.807, 2.05) is 13.1 Å². The third-order valence-corrected chi connectivity index (χ3v) is 4.59. The van der Waals surface area contributed by atoms with Crippen LogP contribution in [-0.2, 0) is 13.6 Å². The molecule has 1 saturated heterocycles. The van der Waals surface area contributed by atoms with Gasteiger partial charge in [-0.1, -0.05) is 0 Å². The average Bonchev–Trinajstić information content (AvgIpc) is 3.13. The summed E-state index contributed by atoms with van der Waals surface area (Å²) in [5.74, 6) is 2.49. The van der Waals surface area contributed by atoms with E-state index in [1.165, 1.54) is 0 Å². The molecule has 1 aliphatic rings. The van der Waals surface area contributed by atoms with Crippen molar-refractivity contribution in [2.24, 2.45) is 12.0 Å². The summed E-state index contributed by atoms with van der Waals surface area (Å²) >= 11 is 0. The maximum absolute atomic E-state index is 4.33. The lowest BCUT2D eigenvalue weighted by Gasteiger charge is -2.34. The van der Waals surface area contributed by atoms with Crippen LogP contribution >= 0.6 is 24.0 Å². The number of hydrogen-bond acceptors (Lipinski definition) is 7. The summed E-state index contributed by atoms with van der Waals surface area (Å²) in [6.45, 7) is 6.56. The molecule has 0 radical (unpaired) electrons. The van der Waals surface area contributed by atoms with Gasteiger partial charge in [-0.15, -0.1) is 24.0 Å². The Kier molecular flexibility index (Phi) is 9.34. The Hall–Kier alpha value is -2.02. The molecular weight excluding hydrogens is 471 g/mol. The lowest BCUT2D eigenvalue weighted by Crippen LogP contribution is -2.47. The molecule has 0 unspecified atom stereocenters. The molecule has 3 heterocycles. The molecule has 0 saturated carbocycles. The molecule has 2 aromatic rings. The van der Waals surface area contributed by atoms with Crippen LogP contribution in [0.2, 0.25) is 0 Å². The molecule has 0 bridgehead atoms. The number of guanidine groups is 1. The Morgan fingerprint density at radius 2 is 1.86 bits per heavy atom. The number of hydrogen-bond donors (Lipinski definition) is 2. The van der Waals surface area contributed by atoms with E-state index in [4.69, 9.17) is 0 Å². The normalized spacial score (nSPS) is 15.2. The SMILES string of the molecule is CN=C(NCCCN1CCN(c2ncccn2)CC1)NCc1ncnn1C.I. The quantitative estimate of drug-likeness (QED) is 0.239. The molecule has 10 nitrogen and oxygen atoms in total. The zero-order valence-electron chi connectivity index (χ0n) is 16.5. The number of aliphatic imine (C=N–C) groups is 1. The Morgan fingerprint density at radius 3 is 2.50 bits per heavy atom. The monoisotopic (exact) mass is 500 g/mol. The molecule has 0 aromatic carbocycles. The third-order valence-electron chi connectivity index (χ3n) is 4.59. The topological polar surface area (TPSA) is 99.4 Å². The van der Waals surface area contributed by atoms with E-state index in [0.29, 0.717) is 6.54 Å². The molecule has 3 rings (SSSR count). The Morgan fingerprint density at radius 1 is 1.11 bits per heavy atom. The zero-order chi connectivity index (χ0) is 18.9. The van der Waals surface area contributed by atoms with E-state index < -0.39 is 0 Å². The molecule has 0 atom stereocenters. The number of aromatic nitrogens is 5. The van der Waals surface area contributed by atoms with E-state index >= 15 is 0 Å². The molecule has 2 N–H and O–H groups in total. The predicted molar refractivity (Wildman–Crippen MR) is 120 cm³/mol. The fraction of sp³-hybridized carbons (Fsp3) is 0.588. The summed E-state index contributed by atoms with van der Waals surface area (Å²) in [6.07, 6.45) is 6.21. The molecule has 1 fully saturated rings. The van der Waals surface area contributed by atoms with Crippen LogP contribution in [0.25, 0.3) is 0 Å². The van der Waals surface area contributed by atoms with Gasteiger partial charge in [-0.3, -0.25) is 14.6 Å². The van der Waals surface area contributed by atoms with Crippen LogP contribution in [0.1, 0.15) is 12.2 Å². The van der Waals surface area contributed by atoms with Crippen molar-refractivity contribution in [2.45, 2.75) is 13.0 Å². The molecule has 0 spiro atoms. The maximum Gasteiger partial charge on any atom is 0.225 e. The van der Waals surface area contributed by atoms with Gasteiger partial charge in [0.2, 0.25) is 5.95 Å². The van der Waals surface area contributed by atoms with Crippen molar-refractivity contribution >= 4 is 35.9 Å². The highest BCUT2D eigenvalue weighted by atomic mass is 127. The number of nitrogens with one attached hydrogen (secondary N) is 2. The molecule has 0 aliphatic carbocycles. The lowest BCUT2D eigenvalue weighted by atomic mass is 10.3. The lowest BCUT2D eigenvalue weighted by molar-refractivity contribution is 0.254. The van der Waals surface area contributed by atoms with E-state index in [2.05, 4.69) is 45.5 Å². The zero-order valence-corrected chi connectivity index (χ0v) is 18.8. The van der Waals surface area contributed by atoms with Crippen LogP contribution in [0, 0.1) is 0 Å². The molecule has 11 heteroatoms. The molecular formula is C17H29IN10. The van der Waals surface area contributed by atoms with Crippen molar-refractivity contribution in [3.63, 3.8) is 0 Å². The second-order valence-electron chi connectivity index (χ2n) is 6.38. The van der Waals surface area contributed by atoms with Gasteiger partial charge in [-0.25, -0.2) is 15.0 Å². The van der Waals surface area contributed by atoms with Crippen molar-refractivity contribution in [1.82, 2.24) is 40.3 Å². The summed E-state index contributed by atoms with van der Waals surface area (Å²) in [5.41, 5.74) is 0. The first kappa shape index (κ1) is 22.3. The molecule has 0 amide bonds. The van der Waals surface area contributed by atoms with Gasteiger partial charge >= 0.3 is 0 Å². The first-order chi connectivity index (χ1) is 13.3. The molecule has 28 heavy (non-hydrogen) atoms. The van der Waals surface area contributed by atoms with Gasteiger partial charge in [-0.05, 0) is 19.0 Å². The fourth-order valence-electron chi connectivity index (χ4n) is 3.00. The van der Waals surface area contributed by atoms with Crippen LogP contribution in [0.15, 0.2) is 29.8 Å². The van der Waals surface area contributed by atoms with Gasteiger partial charge in [0.05, 0.1) is 6.54 Å². The molecule has 1 aliphatic heterocycles. The van der Waals surface area contributed by atoms with Crippen molar-refractivity contribution in [1.29, 1.82) is 0 Å². The smallest absolute Gasteiger partial charge is 0.225 e. The number of rotatable bonds is 7. The van der Waals surface area contributed by atoms with E-state index in [1.54, 1.807) is 30.5 Å². The minimum atomic E-state index is 0. The number of piperazine rings is 1. The van der Waals surface area contributed by atoms with Crippen molar-refractivity contribution in [3.8, 4) is 0 Å². The molecule has 154 valence electrons. The Labute approximate surface area is 182 Å². The summed E-state index contributed by atoms with van der Waals surface area (Å²) in [5, 5.41) is 10.7. The summed E-state index contributed by atoms with van der Waals surface area (Å²) in [7, 11) is 3.65. The first-order valence-electron chi connectivity index (χ1n) is 9.28. The van der Waals surface area contributed by atoms with Gasteiger partial charge < -0.3 is 15.5 Å². The number of anilines is 1. The standard InChI is InChI=1S/C17H28N10.HI/c1-18-16(22-13-15-23-14-24-25(15)2)19-7-4-8-26-9-11-27(12-10-26)17-20-5-3-6-21-17;/h3,5-6,14H,4,7-13H2,1-2H3,(H2,18,19,22);1H. The largest absolute Gasteiger partial charge is 0.356 e. The highest BCUT2D eigenvalue weighted by molar-refractivity contribution is 14.0. The highest BCUT2D eigenvalue weighted by Gasteiger charge is 2.18. The van der Waals surface area contributed by atoms with E-state index in [0.717, 1.165) is 63.4 Å². The second kappa shape index (κ2) is 11.7. The number of aryl methyl sites for hydroxylation is 1. The Bertz CT molecular complexity index is 712. The van der Waals surface area contributed by atoms with E-state index in [-0.39, 0.29) is 24.0 Å². The number of halogens is 1. The average molecular weight is 500 g/mol. The fourth-order valence-corrected chi connectivity index (χ4v) is 3.00. The Balaban J connectivity index is 0.00000280. The van der Waals surface area contributed by atoms with Crippen LogP contribution in [0.3, 0.4) is 0 Å². The van der Waals surface area contributed by atoms with Crippen molar-refractivity contribution in [2.75, 3.05) is 51.2 Å². The maximum atomic E-state index is 4.33. The van der Waals surface area contributed by atoms with Crippen LogP contribution in [0.4, 0.5) is 5.95 Å². The van der Waals surface area contributed by atoms with Crippen molar-refractivity contribution in [3.05, 3.63) is 30.6 Å². The molecule has 2 aromatic heterocycles. The van der Waals surface area contributed by atoms with Crippen molar-refractivity contribution < 1.29 is 0 Å². The number of nitrogens with zero attached hydrogens (tertiary/aromatic N) is 8. The minimum absolute atomic E-state index is 0. The minimum Gasteiger partial charge on any atom is -0.356 e. The summed E-state index contributed by atoms with van der Waals surface area (Å²) in [4.78, 5) is 21.8. The highest BCUT2D eigenvalue weighted by Crippen LogP contribution is 2.09. The predicted octanol–water partition coefficient (Wildman–Crippen LogP) is 0.100. The summed E-state index contributed by atoms with van der Waals surface area (Å²) in [6, 6.07) is 1.85. The van der Waals surface area contributed by atoms with Gasteiger partial charge in [0.25, 0.3) is 0 Å². The van der Waals surface area contributed by atoms with Gasteiger partial charge in [0.1, 0.15) is 12.2 Å². The van der Waals surface area contributed by atoms with E-state index in [9.17, 15) is 0 Å². The summed E-state index contributed by atoms with van der Waals surface area (Å²) < 4.78 is 1.75. The first-order valence-corrected chi connectivity index (χ1v) is 9.28. The van der Waals surface area contributed by atoms with Crippen LogP contribution in [0.5, 0.6) is 0 Å². The van der Waals surface area contributed by atoms with Crippen LogP contribution < -0.4 is 15.5 Å². The second-order valence-corrected chi connectivity index (χ2v) is 6.38. The van der Waals surface area contributed by atoms with Gasteiger partial charge in [-0.2, -0.15) is 5.10 Å². The third kappa shape index (κ3) is 6.55. The van der Waals surface area contributed by atoms with Gasteiger partial charge in [0, 0.05) is 59.2 Å². The van der Waals surface area contributed by atoms with Crippen LogP contribution in [-0.4, -0.2) is 81.9 Å². The van der Waals surface area contributed by atoms with Gasteiger partial charge in [0.15, 0.2) is 5.96 Å².